The average molecular weight is 197 g/mol. The van der Waals surface area contributed by atoms with Gasteiger partial charge in [0.1, 0.15) is 0 Å². The minimum Gasteiger partial charge on any atom is -0.327 e. The highest BCUT2D eigenvalue weighted by molar-refractivity contribution is 4.81. The second-order valence-electron chi connectivity index (χ2n) is 5.01. The van der Waals surface area contributed by atoms with Gasteiger partial charge in [0.25, 0.3) is 0 Å². The fourth-order valence-electron chi connectivity index (χ4n) is 2.43. The minimum atomic E-state index is 0.505. The van der Waals surface area contributed by atoms with Gasteiger partial charge in [0.15, 0.2) is 0 Å². The number of hydrogen-bond donors (Lipinski definition) is 1. The van der Waals surface area contributed by atoms with Crippen LogP contribution in [0.25, 0.3) is 0 Å². The molecule has 2 unspecified atom stereocenters. The molecule has 0 amide bonds. The van der Waals surface area contributed by atoms with E-state index in [2.05, 4.69) is 13.8 Å². The fraction of sp³-hybridized carbons (Fsp3) is 1.00. The van der Waals surface area contributed by atoms with Crippen molar-refractivity contribution < 1.29 is 0 Å². The van der Waals surface area contributed by atoms with Gasteiger partial charge in [-0.15, -0.1) is 0 Å². The third-order valence-corrected chi connectivity index (χ3v) is 3.90. The molecule has 0 aromatic carbocycles. The summed E-state index contributed by atoms with van der Waals surface area (Å²) in [6.07, 6.45) is 10.9. The van der Waals surface area contributed by atoms with Crippen LogP contribution in [0.1, 0.15) is 65.2 Å². The molecule has 0 aliphatic heterocycles. The molecule has 0 saturated heterocycles. The highest BCUT2D eigenvalue weighted by atomic mass is 14.7. The Hall–Kier alpha value is -0.0400. The first-order chi connectivity index (χ1) is 6.77. The molecular weight excluding hydrogens is 170 g/mol. The molecule has 1 fully saturated rings. The van der Waals surface area contributed by atoms with E-state index in [9.17, 15) is 0 Å². The van der Waals surface area contributed by atoms with Crippen LogP contribution in [0.3, 0.4) is 0 Å². The molecule has 2 atom stereocenters. The molecule has 0 radical (unpaired) electrons. The lowest BCUT2D eigenvalue weighted by molar-refractivity contribution is 0.225. The van der Waals surface area contributed by atoms with Crippen molar-refractivity contribution in [1.82, 2.24) is 0 Å². The third kappa shape index (κ3) is 3.61. The molecule has 2 N–H and O–H groups in total. The lowest BCUT2D eigenvalue weighted by Crippen LogP contribution is -2.36. The Labute approximate surface area is 89.5 Å². The predicted octanol–water partition coefficient (Wildman–Crippen LogP) is 3.72. The van der Waals surface area contributed by atoms with E-state index in [1.807, 2.05) is 0 Å². The highest BCUT2D eigenvalue weighted by Gasteiger charge is 2.25. The van der Waals surface area contributed by atoms with Crippen molar-refractivity contribution in [1.29, 1.82) is 0 Å². The summed E-state index contributed by atoms with van der Waals surface area (Å²) >= 11 is 0. The summed E-state index contributed by atoms with van der Waals surface area (Å²) in [4.78, 5) is 0. The Morgan fingerprint density at radius 2 is 2.00 bits per heavy atom. The molecule has 0 bridgehead atoms. The van der Waals surface area contributed by atoms with E-state index in [-0.39, 0.29) is 0 Å². The molecule has 1 aliphatic rings. The molecule has 1 nitrogen and oxygen atoms in total. The highest BCUT2D eigenvalue weighted by Crippen LogP contribution is 2.32. The fourth-order valence-corrected chi connectivity index (χ4v) is 2.43. The average Bonchev–Trinajstić information content (AvgIpc) is 2.09. The summed E-state index contributed by atoms with van der Waals surface area (Å²) in [7, 11) is 0. The number of hydrogen-bond acceptors (Lipinski definition) is 1. The standard InChI is InChI=1S/C13H27N/c1-3-5-7-11(4-2)10-13(14)12-8-6-9-12/h11-13H,3-10,14H2,1-2H3. The van der Waals surface area contributed by atoms with Crippen LogP contribution in [0.4, 0.5) is 0 Å². The summed E-state index contributed by atoms with van der Waals surface area (Å²) in [5.41, 5.74) is 6.23. The van der Waals surface area contributed by atoms with Gasteiger partial charge in [0.2, 0.25) is 0 Å². The maximum Gasteiger partial charge on any atom is 0.00697 e. The molecule has 84 valence electrons. The van der Waals surface area contributed by atoms with Crippen molar-refractivity contribution in [3.63, 3.8) is 0 Å². The Bertz CT molecular complexity index is 140. The zero-order chi connectivity index (χ0) is 10.4. The first-order valence-corrected chi connectivity index (χ1v) is 6.53. The van der Waals surface area contributed by atoms with Crippen molar-refractivity contribution in [2.24, 2.45) is 17.6 Å². The topological polar surface area (TPSA) is 26.0 Å². The zero-order valence-corrected chi connectivity index (χ0v) is 9.97. The van der Waals surface area contributed by atoms with E-state index in [1.54, 1.807) is 0 Å². The van der Waals surface area contributed by atoms with Gasteiger partial charge >= 0.3 is 0 Å². The van der Waals surface area contributed by atoms with Gasteiger partial charge < -0.3 is 5.73 Å². The van der Waals surface area contributed by atoms with E-state index in [4.69, 9.17) is 5.73 Å². The Kier molecular flexibility index (Phi) is 5.54. The van der Waals surface area contributed by atoms with E-state index in [1.165, 1.54) is 51.4 Å². The van der Waals surface area contributed by atoms with Crippen LogP contribution in [0, 0.1) is 11.8 Å². The number of rotatable bonds is 7. The Balaban J connectivity index is 2.16. The molecular formula is C13H27N. The second kappa shape index (κ2) is 6.44. The first-order valence-electron chi connectivity index (χ1n) is 6.53. The number of unbranched alkanes of at least 4 members (excludes halogenated alkanes) is 1. The molecule has 1 heteroatoms. The molecule has 0 aromatic heterocycles. The van der Waals surface area contributed by atoms with E-state index in [0.29, 0.717) is 6.04 Å². The molecule has 14 heavy (non-hydrogen) atoms. The Morgan fingerprint density at radius 1 is 1.29 bits per heavy atom. The van der Waals surface area contributed by atoms with Crippen molar-refractivity contribution in [2.75, 3.05) is 0 Å². The van der Waals surface area contributed by atoms with Gasteiger partial charge in [-0.2, -0.15) is 0 Å². The second-order valence-corrected chi connectivity index (χ2v) is 5.01. The Morgan fingerprint density at radius 3 is 2.43 bits per heavy atom. The van der Waals surface area contributed by atoms with Gasteiger partial charge in [0, 0.05) is 6.04 Å². The predicted molar refractivity (Wildman–Crippen MR) is 63.2 cm³/mol. The van der Waals surface area contributed by atoms with E-state index < -0.39 is 0 Å². The largest absolute Gasteiger partial charge is 0.327 e. The summed E-state index contributed by atoms with van der Waals surface area (Å²) in [5.74, 6) is 1.76. The summed E-state index contributed by atoms with van der Waals surface area (Å²) in [6, 6.07) is 0.505. The smallest absolute Gasteiger partial charge is 0.00697 e. The van der Waals surface area contributed by atoms with Gasteiger partial charge in [-0.1, -0.05) is 46.0 Å². The molecule has 0 spiro atoms. The maximum absolute atomic E-state index is 6.23. The molecule has 1 saturated carbocycles. The quantitative estimate of drug-likeness (QED) is 0.661. The van der Waals surface area contributed by atoms with Crippen LogP contribution in [0.15, 0.2) is 0 Å². The van der Waals surface area contributed by atoms with Crippen LogP contribution in [-0.4, -0.2) is 6.04 Å². The lowest BCUT2D eigenvalue weighted by atomic mass is 9.76. The SMILES string of the molecule is CCCCC(CC)CC(N)C1CCC1. The molecule has 1 aliphatic carbocycles. The van der Waals surface area contributed by atoms with E-state index >= 15 is 0 Å². The van der Waals surface area contributed by atoms with Crippen molar-refractivity contribution >= 4 is 0 Å². The summed E-state index contributed by atoms with van der Waals surface area (Å²) in [5, 5.41) is 0. The van der Waals surface area contributed by atoms with Crippen LogP contribution in [-0.2, 0) is 0 Å². The molecule has 0 heterocycles. The monoisotopic (exact) mass is 197 g/mol. The van der Waals surface area contributed by atoms with Crippen LogP contribution < -0.4 is 5.73 Å². The normalized spacial score (nSPS) is 21.6. The summed E-state index contributed by atoms with van der Waals surface area (Å²) < 4.78 is 0. The zero-order valence-electron chi connectivity index (χ0n) is 9.97. The van der Waals surface area contributed by atoms with Crippen molar-refractivity contribution in [3.05, 3.63) is 0 Å². The van der Waals surface area contributed by atoms with Crippen LogP contribution >= 0.6 is 0 Å². The molecule has 1 rings (SSSR count). The lowest BCUT2D eigenvalue weighted by Gasteiger charge is -2.33. The van der Waals surface area contributed by atoms with Gasteiger partial charge in [-0.3, -0.25) is 0 Å². The van der Waals surface area contributed by atoms with Crippen molar-refractivity contribution in [3.8, 4) is 0 Å². The summed E-state index contributed by atoms with van der Waals surface area (Å²) in [6.45, 7) is 4.59. The van der Waals surface area contributed by atoms with Crippen molar-refractivity contribution in [2.45, 2.75) is 71.3 Å². The van der Waals surface area contributed by atoms with Gasteiger partial charge in [-0.25, -0.2) is 0 Å². The van der Waals surface area contributed by atoms with Gasteiger partial charge in [0.05, 0.1) is 0 Å². The van der Waals surface area contributed by atoms with Crippen LogP contribution in [0.2, 0.25) is 0 Å². The molecule has 0 aromatic rings. The van der Waals surface area contributed by atoms with Crippen LogP contribution in [0.5, 0.6) is 0 Å². The third-order valence-electron chi connectivity index (χ3n) is 3.90. The number of nitrogens with two attached hydrogens (primary N) is 1. The first kappa shape index (κ1) is 12.0. The van der Waals surface area contributed by atoms with Gasteiger partial charge in [-0.05, 0) is 31.1 Å². The maximum atomic E-state index is 6.23. The minimum absolute atomic E-state index is 0.505. The van der Waals surface area contributed by atoms with E-state index in [0.717, 1.165) is 11.8 Å².